The van der Waals surface area contributed by atoms with E-state index in [2.05, 4.69) is 269 Å². The molecule has 9 aromatic carbocycles. The van der Waals surface area contributed by atoms with Gasteiger partial charge in [-0.25, -0.2) is 4.98 Å². The molecular weight excluding hydrogens is 837 g/mol. The van der Waals surface area contributed by atoms with Gasteiger partial charge in [-0.2, -0.15) is 0 Å². The minimum atomic E-state index is -0.00792. The van der Waals surface area contributed by atoms with Crippen molar-refractivity contribution in [2.24, 2.45) is 0 Å². The van der Waals surface area contributed by atoms with Gasteiger partial charge < -0.3 is 14.0 Å². The van der Waals surface area contributed by atoms with Gasteiger partial charge in [-0.3, -0.25) is 0 Å². The summed E-state index contributed by atoms with van der Waals surface area (Å²) in [5.41, 5.74) is 19.4. The summed E-state index contributed by atoms with van der Waals surface area (Å²) in [6.07, 6.45) is 7.30. The number of anilines is 2. The Morgan fingerprint density at radius 3 is 1.45 bits per heavy atom. The molecule has 4 heterocycles. The smallest absolute Gasteiger partial charge is 0.0723 e. The van der Waals surface area contributed by atoms with Gasteiger partial charge in [0.25, 0.3) is 0 Å². The molecule has 0 bridgehead atoms. The monoisotopic (exact) mass is 880 g/mol. The van der Waals surface area contributed by atoms with Gasteiger partial charge >= 0.3 is 0 Å². The second-order valence-corrected chi connectivity index (χ2v) is 18.3. The lowest BCUT2D eigenvalue weighted by Crippen LogP contribution is -2.29. The molecule has 0 radical (unpaired) electrons. The van der Waals surface area contributed by atoms with E-state index in [0.717, 1.165) is 50.7 Å². The molecule has 324 valence electrons. The number of para-hydroxylation sites is 4. The van der Waals surface area contributed by atoms with Gasteiger partial charge in [0, 0.05) is 50.0 Å². The molecule has 2 atom stereocenters. The Labute approximate surface area is 400 Å². The molecule has 2 aliphatic rings. The molecule has 0 spiro atoms. The summed E-state index contributed by atoms with van der Waals surface area (Å²) in [6.45, 7) is 0. The molecule has 14 rings (SSSR count). The van der Waals surface area contributed by atoms with Crippen molar-refractivity contribution in [3.8, 4) is 45.0 Å². The third-order valence-corrected chi connectivity index (χ3v) is 14.4. The summed E-state index contributed by atoms with van der Waals surface area (Å²) in [5.74, 6) is 0.0351. The van der Waals surface area contributed by atoms with E-state index in [1.54, 1.807) is 0 Å². The van der Waals surface area contributed by atoms with Crippen molar-refractivity contribution in [3.63, 3.8) is 0 Å². The first-order chi connectivity index (χ1) is 34.2. The zero-order valence-electron chi connectivity index (χ0n) is 37.7. The topological polar surface area (TPSA) is 26.0 Å². The maximum absolute atomic E-state index is 5.40. The average Bonchev–Trinajstić information content (AvgIpc) is 4.07. The zero-order chi connectivity index (χ0) is 45.4. The quantitative estimate of drug-likeness (QED) is 0.159. The van der Waals surface area contributed by atoms with Crippen molar-refractivity contribution in [2.75, 3.05) is 4.90 Å². The summed E-state index contributed by atoms with van der Waals surface area (Å²) in [4.78, 5) is 8.02. The van der Waals surface area contributed by atoms with Crippen LogP contribution in [0.1, 0.15) is 17.0 Å². The van der Waals surface area contributed by atoms with Crippen molar-refractivity contribution in [1.82, 2.24) is 14.1 Å². The molecule has 0 saturated heterocycles. The first-order valence-corrected chi connectivity index (χ1v) is 23.9. The van der Waals surface area contributed by atoms with Gasteiger partial charge in [0.15, 0.2) is 0 Å². The lowest BCUT2D eigenvalue weighted by atomic mass is 9.86. The highest BCUT2D eigenvalue weighted by Gasteiger charge is 2.41. The Morgan fingerprint density at radius 2 is 0.855 bits per heavy atom. The number of benzene rings is 9. The molecule has 2 unspecified atom stereocenters. The van der Waals surface area contributed by atoms with E-state index in [0.29, 0.717) is 0 Å². The molecule has 1 aliphatic heterocycles. The molecule has 1 aliphatic carbocycles. The summed E-state index contributed by atoms with van der Waals surface area (Å²) >= 11 is 0. The van der Waals surface area contributed by atoms with E-state index in [9.17, 15) is 0 Å². The average molecular weight is 881 g/mol. The standard InChI is InChI=1S/C65H44N4/c1-4-19-43(20-5-1)46-35-36-63-55(38-46)56-41-50(67-59-31-14-10-27-51(59)52-28-11-15-32-60(52)67)42-64(69-61-33-16-12-29-53(61)54-30-13-17-34-62(54)69)65(56)68(63)49-26-18-25-47(37-49)58-40-48(44-21-6-2-7-22-44)39-57(66-58)45-23-8-3-9-24-45/h1-42,55,63H. The molecule has 0 fully saturated rings. The fraction of sp³-hybridized carbons (Fsp3) is 0.0308. The van der Waals surface area contributed by atoms with E-state index in [-0.39, 0.29) is 12.0 Å². The fourth-order valence-corrected chi connectivity index (χ4v) is 11.3. The third-order valence-electron chi connectivity index (χ3n) is 14.4. The van der Waals surface area contributed by atoms with Crippen LogP contribution < -0.4 is 4.90 Å². The van der Waals surface area contributed by atoms with Crippen LogP contribution in [-0.4, -0.2) is 20.2 Å². The molecular formula is C65H44N4. The predicted molar refractivity (Wildman–Crippen MR) is 288 cm³/mol. The Bertz CT molecular complexity index is 3860. The summed E-state index contributed by atoms with van der Waals surface area (Å²) in [7, 11) is 0. The fourth-order valence-electron chi connectivity index (χ4n) is 11.3. The van der Waals surface area contributed by atoms with Crippen LogP contribution in [0.5, 0.6) is 0 Å². The van der Waals surface area contributed by atoms with Crippen LogP contribution in [0.2, 0.25) is 0 Å². The lowest BCUT2D eigenvalue weighted by Gasteiger charge is -2.31. The molecule has 4 heteroatoms. The van der Waals surface area contributed by atoms with Crippen molar-refractivity contribution >= 4 is 60.6 Å². The van der Waals surface area contributed by atoms with Crippen molar-refractivity contribution in [2.45, 2.75) is 12.0 Å². The number of fused-ring (bicyclic) bond motifs is 9. The van der Waals surface area contributed by atoms with Crippen molar-refractivity contribution in [3.05, 3.63) is 266 Å². The van der Waals surface area contributed by atoms with Crippen LogP contribution in [0.15, 0.2) is 255 Å². The van der Waals surface area contributed by atoms with E-state index >= 15 is 0 Å². The van der Waals surface area contributed by atoms with Crippen molar-refractivity contribution in [1.29, 1.82) is 0 Å². The Hall–Kier alpha value is -8.99. The normalized spacial score (nSPS) is 15.2. The van der Waals surface area contributed by atoms with Crippen LogP contribution in [0, 0.1) is 0 Å². The van der Waals surface area contributed by atoms with Gasteiger partial charge in [-0.05, 0) is 88.5 Å². The first kappa shape index (κ1) is 39.2. The van der Waals surface area contributed by atoms with Crippen molar-refractivity contribution < 1.29 is 0 Å². The number of hydrogen-bond acceptors (Lipinski definition) is 2. The second kappa shape index (κ2) is 15.8. The Balaban J connectivity index is 1.05. The molecule has 0 N–H and O–H groups in total. The molecule has 0 saturated carbocycles. The van der Waals surface area contributed by atoms with Crippen LogP contribution in [-0.2, 0) is 0 Å². The van der Waals surface area contributed by atoms with E-state index < -0.39 is 0 Å². The molecule has 12 aromatic rings. The van der Waals surface area contributed by atoms with E-state index in [1.165, 1.54) is 66.0 Å². The number of allylic oxidation sites excluding steroid dienone is 2. The molecule has 0 amide bonds. The number of rotatable bonds is 7. The highest BCUT2D eigenvalue weighted by atomic mass is 15.2. The minimum absolute atomic E-state index is 0.00792. The highest BCUT2D eigenvalue weighted by Crippen LogP contribution is 2.54. The summed E-state index contributed by atoms with van der Waals surface area (Å²) < 4.78 is 5.01. The Morgan fingerprint density at radius 1 is 0.362 bits per heavy atom. The van der Waals surface area contributed by atoms with Crippen LogP contribution in [0.4, 0.5) is 11.4 Å². The van der Waals surface area contributed by atoms with Gasteiger partial charge in [-0.15, -0.1) is 0 Å². The zero-order valence-corrected chi connectivity index (χ0v) is 37.7. The maximum atomic E-state index is 5.40. The van der Waals surface area contributed by atoms with Crippen LogP contribution in [0.3, 0.4) is 0 Å². The van der Waals surface area contributed by atoms with Crippen LogP contribution in [0.25, 0.3) is 94.2 Å². The number of nitrogens with zero attached hydrogens (tertiary/aromatic N) is 4. The van der Waals surface area contributed by atoms with Gasteiger partial charge in [0.1, 0.15) is 0 Å². The highest BCUT2D eigenvalue weighted by molar-refractivity contribution is 6.11. The predicted octanol–water partition coefficient (Wildman–Crippen LogP) is 16.5. The third kappa shape index (κ3) is 6.33. The van der Waals surface area contributed by atoms with Gasteiger partial charge in [-0.1, -0.05) is 194 Å². The SMILES string of the molecule is C1=CC2C(C=C1c1ccccc1)c1cc(-n3c4ccccc4c4ccccc43)cc(-n3c4ccccc4c4ccccc43)c1N2c1cccc(-c2cc(-c3ccccc3)cc(-c3ccccc3)n2)c1. The van der Waals surface area contributed by atoms with Gasteiger partial charge in [0.05, 0.1) is 50.9 Å². The van der Waals surface area contributed by atoms with Gasteiger partial charge in [0.2, 0.25) is 0 Å². The van der Waals surface area contributed by atoms with E-state index in [1.807, 2.05) is 0 Å². The number of aromatic nitrogens is 3. The van der Waals surface area contributed by atoms with E-state index in [4.69, 9.17) is 4.98 Å². The number of hydrogen-bond donors (Lipinski definition) is 0. The summed E-state index contributed by atoms with van der Waals surface area (Å²) in [5, 5.41) is 4.96. The summed E-state index contributed by atoms with van der Waals surface area (Å²) in [6, 6.07) is 86.0. The maximum Gasteiger partial charge on any atom is 0.0723 e. The number of pyridine rings is 1. The van der Waals surface area contributed by atoms with Crippen LogP contribution >= 0.6 is 0 Å². The Kier molecular flexibility index (Phi) is 8.99. The minimum Gasteiger partial charge on any atom is -0.332 e. The second-order valence-electron chi connectivity index (χ2n) is 18.3. The molecule has 3 aromatic heterocycles. The first-order valence-electron chi connectivity index (χ1n) is 23.9. The molecule has 69 heavy (non-hydrogen) atoms. The largest absolute Gasteiger partial charge is 0.332 e. The molecule has 4 nitrogen and oxygen atoms in total. The lowest BCUT2D eigenvalue weighted by molar-refractivity contribution is 0.746.